The van der Waals surface area contributed by atoms with Gasteiger partial charge in [0.05, 0.1) is 0 Å². The van der Waals surface area contributed by atoms with Crippen molar-refractivity contribution in [2.45, 2.75) is 31.2 Å². The Hall–Kier alpha value is 1.10. The van der Waals surface area contributed by atoms with Gasteiger partial charge in [-0.1, -0.05) is 0 Å². The zero-order valence-electron chi connectivity index (χ0n) is 5.32. The van der Waals surface area contributed by atoms with E-state index in [0.717, 1.165) is 0 Å². The molecule has 0 saturated heterocycles. The van der Waals surface area contributed by atoms with Crippen molar-refractivity contribution < 1.29 is 18.3 Å². The van der Waals surface area contributed by atoms with E-state index in [-0.39, 0.29) is 17.0 Å². The molecule has 0 unspecified atom stereocenters. The van der Waals surface area contributed by atoms with E-state index in [1.807, 2.05) is 0 Å². The minimum atomic E-state index is 0. The van der Waals surface area contributed by atoms with Crippen LogP contribution in [0.2, 0.25) is 4.01 Å². The maximum atomic E-state index is 2.30. The molecule has 0 spiro atoms. The van der Waals surface area contributed by atoms with E-state index in [0.29, 0.717) is 4.01 Å². The third kappa shape index (κ3) is 11.0. The molecule has 0 rings (SSSR count). The Balaban J connectivity index is 0. The molecular weight excluding hydrogens is 205 g/mol. The van der Waals surface area contributed by atoms with Crippen molar-refractivity contribution in [2.24, 2.45) is 0 Å². The zero-order chi connectivity index (χ0) is 5.21. The van der Waals surface area contributed by atoms with Crippen LogP contribution in [0.5, 0.6) is 0 Å². The molecule has 7 heavy (non-hydrogen) atoms. The molecule has 0 aliphatic carbocycles. The first kappa shape index (κ1) is 11.0. The van der Waals surface area contributed by atoms with E-state index in [2.05, 4.69) is 20.8 Å². The average Bonchev–Trinajstić information content (AvgIpc) is 1.35. The third-order valence-corrected chi connectivity index (χ3v) is 2.01. The fraction of sp³-hybridized carbons (Fsp3) is 1.00. The van der Waals surface area contributed by atoms with Crippen molar-refractivity contribution in [3.05, 3.63) is 0 Å². The molecule has 0 fully saturated rings. The van der Waals surface area contributed by atoms with Gasteiger partial charge in [-0.05, 0) is 0 Å². The Morgan fingerprint density at radius 3 is 1.57 bits per heavy atom. The second kappa shape index (κ2) is 4.03. The van der Waals surface area contributed by atoms with Gasteiger partial charge in [-0.2, -0.15) is 0 Å². The fourth-order valence-electron chi connectivity index (χ4n) is 0. The van der Waals surface area contributed by atoms with Gasteiger partial charge in [0.1, 0.15) is 0 Å². The maximum absolute atomic E-state index is 2.30. The number of hydrogen-bond acceptors (Lipinski definition) is 0. The topological polar surface area (TPSA) is 0 Å². The summed E-state index contributed by atoms with van der Waals surface area (Å²) in [4.78, 5) is 0. The van der Waals surface area contributed by atoms with Gasteiger partial charge in [0.15, 0.2) is 0 Å². The van der Waals surface area contributed by atoms with Crippen LogP contribution in [0.3, 0.4) is 0 Å². The van der Waals surface area contributed by atoms with E-state index in [9.17, 15) is 0 Å². The Labute approximate surface area is 66.5 Å². The second-order valence-electron chi connectivity index (χ2n) is 2.52. The van der Waals surface area contributed by atoms with Crippen LogP contribution in [0.1, 0.15) is 27.2 Å². The van der Waals surface area contributed by atoms with Crippen LogP contribution in [0.25, 0.3) is 0 Å². The molecule has 0 atom stereocenters. The summed E-state index contributed by atoms with van der Waals surface area (Å²) in [6.45, 7) is 6.84. The normalized spacial score (nSPS) is 10.4. The van der Waals surface area contributed by atoms with Gasteiger partial charge >= 0.3 is 49.5 Å². The molecule has 0 aromatic heterocycles. The van der Waals surface area contributed by atoms with E-state index >= 15 is 0 Å². The summed E-state index contributed by atoms with van der Waals surface area (Å²) in [6, 6.07) is 0. The molecule has 0 N–H and O–H groups in total. The molecule has 0 bridgehead atoms. The van der Waals surface area contributed by atoms with Gasteiger partial charge in [-0.15, -0.1) is 17.0 Å². The van der Waals surface area contributed by atoms with Crippen LogP contribution >= 0.6 is 17.0 Å². The summed E-state index contributed by atoms with van der Waals surface area (Å²) >= 11 is 1.42. The summed E-state index contributed by atoms with van der Waals surface area (Å²) in [5.41, 5.74) is 0. The zero-order valence-corrected chi connectivity index (χ0v) is 10.0. The first-order chi connectivity index (χ1) is 2.56. The number of halogens is 1. The standard InChI is InChI=1S/C5H11.BrH.Zn/c1-4-5(2)3;;/h4H2,1-3H3;1H;. The minimum absolute atomic E-state index is 0. The molecule has 0 amide bonds. The predicted octanol–water partition coefficient (Wildman–Crippen LogP) is 2.72. The van der Waals surface area contributed by atoms with Crippen molar-refractivity contribution in [3.63, 3.8) is 0 Å². The summed E-state index contributed by atoms with van der Waals surface area (Å²) in [6.07, 6.45) is 1.33. The summed E-state index contributed by atoms with van der Waals surface area (Å²) in [5, 5.41) is 0. The second-order valence-corrected chi connectivity index (χ2v) is 6.53. The quantitative estimate of drug-likeness (QED) is 0.593. The SMILES string of the molecule is Br.CC[C](C)(C)[Zn]. The summed E-state index contributed by atoms with van der Waals surface area (Å²) in [5.74, 6) is 0. The van der Waals surface area contributed by atoms with Crippen LogP contribution in [-0.2, 0) is 18.3 Å². The molecule has 0 nitrogen and oxygen atoms in total. The van der Waals surface area contributed by atoms with Crippen molar-refractivity contribution in [1.82, 2.24) is 0 Å². The van der Waals surface area contributed by atoms with Crippen LogP contribution in [-0.4, -0.2) is 0 Å². The molecule has 0 aliphatic heterocycles. The fourth-order valence-corrected chi connectivity index (χ4v) is 0. The Kier molecular flexibility index (Phi) is 6.32. The monoisotopic (exact) mass is 215 g/mol. The van der Waals surface area contributed by atoms with Crippen molar-refractivity contribution in [2.75, 3.05) is 0 Å². The van der Waals surface area contributed by atoms with Crippen molar-refractivity contribution in [1.29, 1.82) is 0 Å². The van der Waals surface area contributed by atoms with Gasteiger partial charge in [0.25, 0.3) is 0 Å². The summed E-state index contributed by atoms with van der Waals surface area (Å²) in [7, 11) is 0. The van der Waals surface area contributed by atoms with Gasteiger partial charge in [0, 0.05) is 0 Å². The average molecular weight is 217 g/mol. The van der Waals surface area contributed by atoms with Gasteiger partial charge in [-0.25, -0.2) is 0 Å². The van der Waals surface area contributed by atoms with E-state index in [1.54, 1.807) is 0 Å². The first-order valence-corrected chi connectivity index (χ1v) is 3.90. The molecule has 0 heterocycles. The number of hydrogen-bond donors (Lipinski definition) is 0. The van der Waals surface area contributed by atoms with E-state index < -0.39 is 0 Å². The van der Waals surface area contributed by atoms with Crippen LogP contribution in [0, 0.1) is 0 Å². The van der Waals surface area contributed by atoms with Crippen LogP contribution < -0.4 is 0 Å². The number of rotatable bonds is 1. The van der Waals surface area contributed by atoms with Crippen LogP contribution in [0.4, 0.5) is 0 Å². The molecule has 0 aromatic carbocycles. The van der Waals surface area contributed by atoms with Crippen molar-refractivity contribution in [3.8, 4) is 0 Å². The van der Waals surface area contributed by atoms with Gasteiger partial charge in [0.2, 0.25) is 0 Å². The molecule has 2 heteroatoms. The Bertz CT molecular complexity index is 37.8. The molecule has 0 aliphatic rings. The van der Waals surface area contributed by atoms with Crippen molar-refractivity contribution >= 4 is 17.0 Å². The Morgan fingerprint density at radius 1 is 1.43 bits per heavy atom. The van der Waals surface area contributed by atoms with Crippen LogP contribution in [0.15, 0.2) is 0 Å². The molecule has 0 aromatic rings. The van der Waals surface area contributed by atoms with E-state index in [4.69, 9.17) is 0 Å². The molecular formula is C5H12BrZn. The first-order valence-electron chi connectivity index (χ1n) is 2.41. The Morgan fingerprint density at radius 2 is 1.57 bits per heavy atom. The molecule has 0 radical (unpaired) electrons. The molecule has 41 valence electrons. The molecule has 0 saturated carbocycles. The van der Waals surface area contributed by atoms with E-state index in [1.165, 1.54) is 24.7 Å². The van der Waals surface area contributed by atoms with Gasteiger partial charge in [-0.3, -0.25) is 0 Å². The predicted molar refractivity (Wildman–Crippen MR) is 34.7 cm³/mol. The summed E-state index contributed by atoms with van der Waals surface area (Å²) < 4.78 is 0.667. The van der Waals surface area contributed by atoms with Gasteiger partial charge < -0.3 is 0 Å². The third-order valence-electron chi connectivity index (χ3n) is 0.957.